The van der Waals surface area contributed by atoms with Gasteiger partial charge in [0, 0.05) is 23.7 Å². The minimum Gasteiger partial charge on any atom is -0.395 e. The van der Waals surface area contributed by atoms with Gasteiger partial charge in [0.25, 0.3) is 0 Å². The molecule has 2 atom stereocenters. The minimum atomic E-state index is -0.0582. The van der Waals surface area contributed by atoms with Crippen LogP contribution in [0.15, 0.2) is 11.6 Å². The zero-order valence-electron chi connectivity index (χ0n) is 10.5. The molecule has 1 aromatic heterocycles. The summed E-state index contributed by atoms with van der Waals surface area (Å²) in [6, 6.07) is 0.453. The summed E-state index contributed by atoms with van der Waals surface area (Å²) in [5.74, 6) is -0.0582. The summed E-state index contributed by atoms with van der Waals surface area (Å²) in [6.45, 7) is 2.55. The molecule has 0 bridgehead atoms. The number of carbonyl (C=O) groups excluding carboxylic acids is 1. The molecule has 18 heavy (non-hydrogen) atoms. The van der Waals surface area contributed by atoms with Crippen LogP contribution in [0.5, 0.6) is 0 Å². The maximum atomic E-state index is 11.9. The van der Waals surface area contributed by atoms with Crippen LogP contribution in [0.4, 0.5) is 5.13 Å². The predicted molar refractivity (Wildman–Crippen MR) is 71.6 cm³/mol. The molecule has 2 N–H and O–H groups in total. The first-order valence-corrected chi connectivity index (χ1v) is 7.14. The van der Waals surface area contributed by atoms with Crippen molar-refractivity contribution >= 4 is 22.4 Å². The second-order valence-corrected chi connectivity index (χ2v) is 5.57. The van der Waals surface area contributed by atoms with Crippen molar-refractivity contribution < 1.29 is 9.90 Å². The van der Waals surface area contributed by atoms with Gasteiger partial charge in [0.1, 0.15) is 0 Å². The highest BCUT2D eigenvalue weighted by Gasteiger charge is 2.28. The van der Waals surface area contributed by atoms with Crippen LogP contribution in [-0.2, 0) is 4.79 Å². The Bertz CT molecular complexity index is 383. The number of nitrogens with zero attached hydrogens (tertiary/aromatic N) is 2. The number of piperidine rings is 1. The lowest BCUT2D eigenvalue weighted by molar-refractivity contribution is -0.119. The van der Waals surface area contributed by atoms with Gasteiger partial charge in [-0.2, -0.15) is 0 Å². The van der Waals surface area contributed by atoms with Crippen molar-refractivity contribution in [1.29, 1.82) is 0 Å². The summed E-state index contributed by atoms with van der Waals surface area (Å²) < 4.78 is 0. The Labute approximate surface area is 111 Å². The van der Waals surface area contributed by atoms with E-state index in [0.717, 1.165) is 19.3 Å². The molecule has 6 heteroatoms. The lowest BCUT2D eigenvalue weighted by Gasteiger charge is -2.39. The predicted octanol–water partition coefficient (Wildman–Crippen LogP) is 1.32. The van der Waals surface area contributed by atoms with Crippen LogP contribution in [0.3, 0.4) is 0 Å². The van der Waals surface area contributed by atoms with E-state index in [9.17, 15) is 9.90 Å². The van der Waals surface area contributed by atoms with Gasteiger partial charge in [-0.1, -0.05) is 6.42 Å². The van der Waals surface area contributed by atoms with E-state index in [-0.39, 0.29) is 18.6 Å². The smallest absolute Gasteiger partial charge is 0.240 e. The quantitative estimate of drug-likeness (QED) is 0.865. The molecule has 0 spiro atoms. The van der Waals surface area contributed by atoms with E-state index in [4.69, 9.17) is 0 Å². The Morgan fingerprint density at radius 3 is 3.17 bits per heavy atom. The lowest BCUT2D eigenvalue weighted by atomic mass is 9.97. The second-order valence-electron chi connectivity index (χ2n) is 4.67. The number of amides is 1. The van der Waals surface area contributed by atoms with Crippen molar-refractivity contribution in [2.75, 3.05) is 18.5 Å². The summed E-state index contributed by atoms with van der Waals surface area (Å²) in [4.78, 5) is 18.0. The highest BCUT2D eigenvalue weighted by atomic mass is 32.1. The fourth-order valence-corrected chi connectivity index (χ4v) is 2.98. The van der Waals surface area contributed by atoms with E-state index < -0.39 is 0 Å². The third kappa shape index (κ3) is 3.28. The summed E-state index contributed by atoms with van der Waals surface area (Å²) in [5, 5.41) is 14.6. The van der Waals surface area contributed by atoms with E-state index in [1.807, 2.05) is 5.38 Å². The molecule has 1 saturated heterocycles. The molecule has 2 rings (SSSR count). The fraction of sp³-hybridized carbons (Fsp3) is 0.667. The molecule has 5 nitrogen and oxygen atoms in total. The summed E-state index contributed by atoms with van der Waals surface area (Å²) >= 11 is 1.41. The third-order valence-corrected chi connectivity index (χ3v) is 4.10. The van der Waals surface area contributed by atoms with E-state index in [1.165, 1.54) is 11.3 Å². The molecule has 2 heterocycles. The molecule has 1 amide bonds. The highest BCUT2D eigenvalue weighted by Crippen LogP contribution is 2.22. The van der Waals surface area contributed by atoms with E-state index in [0.29, 0.717) is 17.7 Å². The van der Waals surface area contributed by atoms with E-state index in [2.05, 4.69) is 22.1 Å². The van der Waals surface area contributed by atoms with Gasteiger partial charge in [0.15, 0.2) is 5.13 Å². The number of rotatable bonds is 4. The van der Waals surface area contributed by atoms with Gasteiger partial charge < -0.3 is 10.4 Å². The van der Waals surface area contributed by atoms with Crippen LogP contribution in [0.2, 0.25) is 0 Å². The molecule has 1 aliphatic rings. The fourth-order valence-electron chi connectivity index (χ4n) is 2.43. The lowest BCUT2D eigenvalue weighted by Crippen LogP contribution is -2.50. The van der Waals surface area contributed by atoms with Crippen molar-refractivity contribution in [3.8, 4) is 0 Å². The number of anilines is 1. The summed E-state index contributed by atoms with van der Waals surface area (Å²) in [5.41, 5.74) is 0. The van der Waals surface area contributed by atoms with Gasteiger partial charge >= 0.3 is 0 Å². The van der Waals surface area contributed by atoms with Crippen LogP contribution < -0.4 is 5.32 Å². The topological polar surface area (TPSA) is 65.5 Å². The normalized spacial score (nSPS) is 25.0. The Morgan fingerprint density at radius 1 is 1.67 bits per heavy atom. The van der Waals surface area contributed by atoms with Crippen molar-refractivity contribution in [2.45, 2.75) is 38.3 Å². The molecule has 1 fully saturated rings. The van der Waals surface area contributed by atoms with E-state index in [1.54, 1.807) is 6.20 Å². The Morgan fingerprint density at radius 2 is 2.50 bits per heavy atom. The molecular weight excluding hydrogens is 250 g/mol. The number of hydrogen-bond donors (Lipinski definition) is 2. The third-order valence-electron chi connectivity index (χ3n) is 3.41. The van der Waals surface area contributed by atoms with Gasteiger partial charge in [0.2, 0.25) is 5.91 Å². The molecular formula is C12H19N3O2S. The largest absolute Gasteiger partial charge is 0.395 e. The van der Waals surface area contributed by atoms with Crippen molar-refractivity contribution in [3.05, 3.63) is 11.6 Å². The molecule has 0 aromatic carbocycles. The maximum Gasteiger partial charge on any atom is 0.240 e. The summed E-state index contributed by atoms with van der Waals surface area (Å²) in [7, 11) is 0. The van der Waals surface area contributed by atoms with Crippen molar-refractivity contribution in [3.63, 3.8) is 0 Å². The Balaban J connectivity index is 1.91. The van der Waals surface area contributed by atoms with Gasteiger partial charge in [-0.05, 0) is 19.8 Å². The number of carbonyl (C=O) groups is 1. The maximum absolute atomic E-state index is 11.9. The van der Waals surface area contributed by atoms with Crippen molar-refractivity contribution in [1.82, 2.24) is 9.88 Å². The first-order valence-electron chi connectivity index (χ1n) is 6.26. The van der Waals surface area contributed by atoms with Crippen molar-refractivity contribution in [2.24, 2.45) is 0 Å². The van der Waals surface area contributed by atoms with E-state index >= 15 is 0 Å². The molecule has 0 radical (unpaired) electrons. The number of hydrogen-bond acceptors (Lipinski definition) is 5. The molecule has 1 aliphatic heterocycles. The number of aliphatic hydroxyl groups excluding tert-OH is 1. The zero-order valence-corrected chi connectivity index (χ0v) is 11.3. The van der Waals surface area contributed by atoms with Gasteiger partial charge in [-0.25, -0.2) is 4.98 Å². The average Bonchev–Trinajstić information content (AvgIpc) is 2.84. The van der Waals surface area contributed by atoms with Gasteiger partial charge in [0.05, 0.1) is 13.2 Å². The first kappa shape index (κ1) is 13.5. The minimum absolute atomic E-state index is 0.0582. The summed E-state index contributed by atoms with van der Waals surface area (Å²) in [6.07, 6.45) is 4.84. The zero-order chi connectivity index (χ0) is 13.0. The standard InChI is InChI=1S/C12H19N3O2S/c1-9-3-2-4-10(8-16)15(9)7-11(17)14-12-13-5-6-18-12/h5-6,9-10,16H,2-4,7-8H2,1H3,(H,13,14,17). The number of aliphatic hydroxyl groups is 1. The SMILES string of the molecule is CC1CCCC(CO)N1CC(=O)Nc1nccs1. The van der Waals surface area contributed by atoms with Crippen LogP contribution in [0, 0.1) is 0 Å². The average molecular weight is 269 g/mol. The van der Waals surface area contributed by atoms with Crippen LogP contribution >= 0.6 is 11.3 Å². The monoisotopic (exact) mass is 269 g/mol. The van der Waals surface area contributed by atoms with Crippen LogP contribution in [-0.4, -0.2) is 46.1 Å². The number of thiazole rings is 1. The van der Waals surface area contributed by atoms with Gasteiger partial charge in [-0.15, -0.1) is 11.3 Å². The Kier molecular flexibility index (Phi) is 4.68. The molecule has 2 unspecified atom stereocenters. The number of likely N-dealkylation sites (tertiary alicyclic amines) is 1. The highest BCUT2D eigenvalue weighted by molar-refractivity contribution is 7.13. The molecule has 100 valence electrons. The first-order chi connectivity index (χ1) is 8.70. The van der Waals surface area contributed by atoms with Gasteiger partial charge in [-0.3, -0.25) is 9.69 Å². The second kappa shape index (κ2) is 6.26. The van der Waals surface area contributed by atoms with Crippen LogP contribution in [0.25, 0.3) is 0 Å². The number of nitrogens with one attached hydrogen (secondary N) is 1. The molecule has 0 saturated carbocycles. The molecule has 1 aromatic rings. The Hall–Kier alpha value is -0.980. The van der Waals surface area contributed by atoms with Crippen LogP contribution in [0.1, 0.15) is 26.2 Å². The number of aromatic nitrogens is 1. The molecule has 0 aliphatic carbocycles.